The summed E-state index contributed by atoms with van der Waals surface area (Å²) in [4.78, 5) is 38.4. The second kappa shape index (κ2) is 22.1. The number of carbonyl (C=O) groups excluding carboxylic acids is 3. The Morgan fingerprint density at radius 3 is 2.28 bits per heavy atom. The Morgan fingerprint density at radius 1 is 0.778 bits per heavy atom. The Bertz CT molecular complexity index is 1210. The molecule has 0 spiro atoms. The first-order chi connectivity index (χ1) is 25.9. The van der Waals surface area contributed by atoms with E-state index in [1.165, 1.54) is 57.8 Å². The van der Waals surface area contributed by atoms with Gasteiger partial charge in [0.1, 0.15) is 0 Å². The molecule has 9 atom stereocenters. The zero-order valence-electron chi connectivity index (χ0n) is 35.0. The van der Waals surface area contributed by atoms with Crippen molar-refractivity contribution in [3.8, 4) is 0 Å². The van der Waals surface area contributed by atoms with Crippen LogP contribution in [0.15, 0.2) is 11.6 Å². The number of rotatable bonds is 24. The lowest BCUT2D eigenvalue weighted by molar-refractivity contribution is -0.128. The maximum Gasteiger partial charge on any atom is 0.239 e. The van der Waals surface area contributed by atoms with E-state index in [1.807, 2.05) is 0 Å². The van der Waals surface area contributed by atoms with Gasteiger partial charge in [-0.2, -0.15) is 0 Å². The van der Waals surface area contributed by atoms with Crippen molar-refractivity contribution in [2.45, 2.75) is 137 Å². The fourth-order valence-corrected chi connectivity index (χ4v) is 11.7. The van der Waals surface area contributed by atoms with Gasteiger partial charge in [-0.25, -0.2) is 0 Å². The molecule has 0 aliphatic heterocycles. The zero-order valence-corrected chi connectivity index (χ0v) is 35.0. The standard InChI is InChI=1S/C44H81N7O3/c1-31(2)9-6-10-32(3)37-14-15-38-36-13-12-35-27-33(16-19-43(35,4)39(36)17-20-44(37,38)5)28-40(52)49-25-26-50-41(53)29-51-42(54)34(18-24-48-30-46)11-7-22-47-23-8-21-45/h12,31-34,36-39,47-48H,6-11,13-30,45-46H2,1-5H3,(H,49,52)(H,50,53)(H,51,54)/t32?,33?,34-,36?,37?,38?,39?,43?,44?/m1/s1. The Kier molecular flexibility index (Phi) is 18.3. The summed E-state index contributed by atoms with van der Waals surface area (Å²) in [6.07, 6.45) is 20.8. The van der Waals surface area contributed by atoms with Crippen molar-refractivity contribution >= 4 is 17.7 Å². The summed E-state index contributed by atoms with van der Waals surface area (Å²) >= 11 is 0. The highest BCUT2D eigenvalue weighted by atomic mass is 16.2. The zero-order chi connectivity index (χ0) is 39.1. The van der Waals surface area contributed by atoms with E-state index in [-0.39, 0.29) is 30.2 Å². The first-order valence-electron chi connectivity index (χ1n) is 22.2. The molecule has 0 heterocycles. The monoisotopic (exact) mass is 756 g/mol. The van der Waals surface area contributed by atoms with Crippen LogP contribution in [-0.2, 0) is 14.4 Å². The van der Waals surface area contributed by atoms with Gasteiger partial charge in [0.05, 0.1) is 6.54 Å². The van der Waals surface area contributed by atoms with Gasteiger partial charge in [-0.15, -0.1) is 0 Å². The quantitative estimate of drug-likeness (QED) is 0.0383. The summed E-state index contributed by atoms with van der Waals surface area (Å²) in [6.45, 7) is 16.6. The minimum Gasteiger partial charge on any atom is -0.354 e. The highest BCUT2D eigenvalue weighted by Gasteiger charge is 2.59. The van der Waals surface area contributed by atoms with E-state index in [0.29, 0.717) is 62.4 Å². The first kappa shape index (κ1) is 44.7. The van der Waals surface area contributed by atoms with Gasteiger partial charge in [-0.05, 0) is 155 Å². The molecule has 0 aromatic heterocycles. The predicted octanol–water partition coefficient (Wildman–Crippen LogP) is 5.61. The summed E-state index contributed by atoms with van der Waals surface area (Å²) in [7, 11) is 0. The normalized spacial score (nSPS) is 30.1. The lowest BCUT2D eigenvalue weighted by Crippen LogP contribution is -2.50. The molecule has 310 valence electrons. The molecule has 9 N–H and O–H groups in total. The Morgan fingerprint density at radius 2 is 1.54 bits per heavy atom. The SMILES string of the molecule is CC(C)CCCC(C)C1CCC2C3CC=C4CC(CC(=O)NCCNC(=O)CNC(=O)[C@H](CCCNCCCN)CCNCN)CCC4(C)C3CCC12C. The number of nitrogens with two attached hydrogens (primary N) is 2. The molecule has 3 fully saturated rings. The smallest absolute Gasteiger partial charge is 0.239 e. The molecule has 10 heteroatoms. The van der Waals surface area contributed by atoms with Crippen LogP contribution in [0.5, 0.6) is 0 Å². The van der Waals surface area contributed by atoms with Crippen molar-refractivity contribution in [3.05, 3.63) is 11.6 Å². The third-order valence-electron chi connectivity index (χ3n) is 14.7. The number of hydrogen-bond donors (Lipinski definition) is 7. The Hall–Kier alpha value is -2.01. The van der Waals surface area contributed by atoms with Gasteiger partial charge in [-0.1, -0.05) is 65.5 Å². The molecule has 8 unspecified atom stereocenters. The lowest BCUT2D eigenvalue weighted by Gasteiger charge is -2.58. The minimum absolute atomic E-state index is 0.0693. The van der Waals surface area contributed by atoms with E-state index >= 15 is 0 Å². The third kappa shape index (κ3) is 12.2. The van der Waals surface area contributed by atoms with Gasteiger partial charge in [0.2, 0.25) is 17.7 Å². The molecular weight excluding hydrogens is 675 g/mol. The van der Waals surface area contributed by atoms with Crippen LogP contribution in [0.4, 0.5) is 0 Å². The summed E-state index contributed by atoms with van der Waals surface area (Å²) in [5.74, 6) is 4.94. The van der Waals surface area contributed by atoms with Crippen molar-refractivity contribution in [2.75, 3.05) is 52.5 Å². The summed E-state index contributed by atoms with van der Waals surface area (Å²) < 4.78 is 0. The fourth-order valence-electron chi connectivity index (χ4n) is 11.7. The molecule has 4 aliphatic carbocycles. The minimum atomic E-state index is -0.249. The van der Waals surface area contributed by atoms with Gasteiger partial charge < -0.3 is 38.1 Å². The second-order valence-corrected chi connectivity index (χ2v) is 18.7. The van der Waals surface area contributed by atoms with E-state index in [9.17, 15) is 14.4 Å². The van der Waals surface area contributed by atoms with Crippen LogP contribution in [0.25, 0.3) is 0 Å². The average Bonchev–Trinajstić information content (AvgIpc) is 3.50. The molecule has 3 amide bonds. The largest absolute Gasteiger partial charge is 0.354 e. The maximum atomic E-state index is 13.0. The predicted molar refractivity (Wildman–Crippen MR) is 221 cm³/mol. The molecule has 0 saturated heterocycles. The number of hydrogen-bond acceptors (Lipinski definition) is 7. The maximum absolute atomic E-state index is 13.0. The number of fused-ring (bicyclic) bond motifs is 5. The van der Waals surface area contributed by atoms with E-state index in [0.717, 1.165) is 80.7 Å². The molecule has 3 saturated carbocycles. The fraction of sp³-hybridized carbons (Fsp3) is 0.886. The molecule has 0 radical (unpaired) electrons. The second-order valence-electron chi connectivity index (χ2n) is 18.7. The molecular formula is C44H81N7O3. The van der Waals surface area contributed by atoms with Crippen LogP contribution >= 0.6 is 0 Å². The van der Waals surface area contributed by atoms with Gasteiger partial charge in [-0.3, -0.25) is 14.4 Å². The molecule has 4 rings (SSSR count). The number of allylic oxidation sites excluding steroid dienone is 2. The van der Waals surface area contributed by atoms with Gasteiger partial charge >= 0.3 is 0 Å². The summed E-state index contributed by atoms with van der Waals surface area (Å²) in [5.41, 5.74) is 13.5. The van der Waals surface area contributed by atoms with E-state index in [2.05, 4.69) is 67.3 Å². The van der Waals surface area contributed by atoms with E-state index in [1.54, 1.807) is 5.57 Å². The molecule has 0 aromatic rings. The summed E-state index contributed by atoms with van der Waals surface area (Å²) in [5, 5.41) is 15.1. The van der Waals surface area contributed by atoms with Crippen LogP contribution in [-0.4, -0.2) is 70.2 Å². The van der Waals surface area contributed by atoms with Gasteiger partial charge in [0.15, 0.2) is 0 Å². The first-order valence-corrected chi connectivity index (χ1v) is 22.2. The third-order valence-corrected chi connectivity index (χ3v) is 14.7. The van der Waals surface area contributed by atoms with Crippen LogP contribution in [0.3, 0.4) is 0 Å². The van der Waals surface area contributed by atoms with Crippen molar-refractivity contribution in [3.63, 3.8) is 0 Å². The van der Waals surface area contributed by atoms with Gasteiger partial charge in [0, 0.05) is 32.1 Å². The molecule has 0 aromatic carbocycles. The number of carbonyl (C=O) groups is 3. The lowest BCUT2D eigenvalue weighted by atomic mass is 9.46. The number of amides is 3. The van der Waals surface area contributed by atoms with Crippen molar-refractivity contribution in [2.24, 2.45) is 69.6 Å². The molecule has 10 nitrogen and oxygen atoms in total. The van der Waals surface area contributed by atoms with Crippen LogP contribution in [0.1, 0.15) is 137 Å². The van der Waals surface area contributed by atoms with Crippen LogP contribution < -0.4 is 38.1 Å². The van der Waals surface area contributed by atoms with Crippen LogP contribution in [0.2, 0.25) is 0 Å². The van der Waals surface area contributed by atoms with Crippen molar-refractivity contribution < 1.29 is 14.4 Å². The molecule has 0 bridgehead atoms. The molecule has 54 heavy (non-hydrogen) atoms. The van der Waals surface area contributed by atoms with Crippen LogP contribution in [0, 0.1) is 58.2 Å². The molecule has 4 aliphatic rings. The number of nitrogens with one attached hydrogen (secondary N) is 5. The van der Waals surface area contributed by atoms with E-state index in [4.69, 9.17) is 11.5 Å². The highest BCUT2D eigenvalue weighted by molar-refractivity contribution is 5.85. The van der Waals surface area contributed by atoms with Crippen molar-refractivity contribution in [1.82, 2.24) is 26.6 Å². The van der Waals surface area contributed by atoms with E-state index < -0.39 is 0 Å². The van der Waals surface area contributed by atoms with Gasteiger partial charge in [0.25, 0.3) is 0 Å². The Balaban J connectivity index is 1.15. The Labute approximate surface area is 329 Å². The van der Waals surface area contributed by atoms with Crippen molar-refractivity contribution in [1.29, 1.82) is 0 Å². The summed E-state index contributed by atoms with van der Waals surface area (Å²) in [6, 6.07) is 0. The topological polar surface area (TPSA) is 163 Å². The average molecular weight is 756 g/mol. The highest BCUT2D eigenvalue weighted by Crippen LogP contribution is 2.67.